The van der Waals surface area contributed by atoms with Crippen molar-refractivity contribution in [1.29, 1.82) is 0 Å². The lowest BCUT2D eigenvalue weighted by Crippen LogP contribution is -2.32. The molecule has 0 aliphatic rings. The minimum absolute atomic E-state index is 0.0397. The second-order valence-electron chi connectivity index (χ2n) is 5.78. The molecule has 0 aliphatic heterocycles. The summed E-state index contributed by atoms with van der Waals surface area (Å²) >= 11 is 1.47. The lowest BCUT2D eigenvalue weighted by atomic mass is 10.3. The molecule has 10 heteroatoms. The molecule has 0 radical (unpaired) electrons. The van der Waals surface area contributed by atoms with Gasteiger partial charge in [-0.2, -0.15) is 5.10 Å². The molecule has 0 bridgehead atoms. The number of sulfonamides is 1. The Kier molecular flexibility index (Phi) is 5.49. The molecule has 27 heavy (non-hydrogen) atoms. The van der Waals surface area contributed by atoms with Crippen LogP contribution in [-0.4, -0.2) is 29.7 Å². The van der Waals surface area contributed by atoms with Gasteiger partial charge in [0.05, 0.1) is 27.0 Å². The van der Waals surface area contributed by atoms with Crippen LogP contribution in [0.2, 0.25) is 0 Å². The fourth-order valence-electron chi connectivity index (χ4n) is 2.50. The zero-order valence-electron chi connectivity index (χ0n) is 14.6. The molecule has 0 saturated heterocycles. The highest BCUT2D eigenvalue weighted by Gasteiger charge is 2.15. The summed E-state index contributed by atoms with van der Waals surface area (Å²) in [5.41, 5.74) is 1.08. The topological polar surface area (TPSA) is 94.0 Å². The maximum Gasteiger partial charge on any atom is 0.266 e. The van der Waals surface area contributed by atoms with Crippen LogP contribution in [0.25, 0.3) is 10.6 Å². The summed E-state index contributed by atoms with van der Waals surface area (Å²) in [6.45, 7) is 3.73. The van der Waals surface area contributed by atoms with Gasteiger partial charge in [-0.15, -0.1) is 11.3 Å². The van der Waals surface area contributed by atoms with Crippen molar-refractivity contribution >= 4 is 21.4 Å². The molecule has 0 unspecified atom stereocenters. The molecule has 3 rings (SSSR count). The van der Waals surface area contributed by atoms with E-state index in [0.717, 1.165) is 27.7 Å². The Morgan fingerprint density at radius 1 is 1.22 bits per heavy atom. The first kappa shape index (κ1) is 19.3. The van der Waals surface area contributed by atoms with Crippen LogP contribution in [-0.2, 0) is 16.6 Å². The molecule has 1 N–H and O–H groups in total. The van der Waals surface area contributed by atoms with Gasteiger partial charge in [-0.1, -0.05) is 6.07 Å². The Bertz CT molecular complexity index is 1140. The minimum atomic E-state index is -3.87. The Hall–Kier alpha value is -2.43. The van der Waals surface area contributed by atoms with Gasteiger partial charge in [0.2, 0.25) is 10.0 Å². The molecular formula is C17H17FN4O3S2. The number of aryl methyl sites for hydroxylation is 2. The van der Waals surface area contributed by atoms with E-state index in [0.29, 0.717) is 5.69 Å². The average Bonchev–Trinajstić information content (AvgIpc) is 2.95. The number of nitrogens with one attached hydrogen (secondary N) is 1. The summed E-state index contributed by atoms with van der Waals surface area (Å²) in [4.78, 5) is 17.1. The van der Waals surface area contributed by atoms with Crippen molar-refractivity contribution in [2.75, 3.05) is 6.54 Å². The predicted molar refractivity (Wildman–Crippen MR) is 101 cm³/mol. The fraction of sp³-hybridized carbons (Fsp3) is 0.235. The van der Waals surface area contributed by atoms with Gasteiger partial charge in [-0.05, 0) is 38.1 Å². The zero-order valence-corrected chi connectivity index (χ0v) is 16.3. The fourth-order valence-corrected chi connectivity index (χ4v) is 4.44. The molecule has 142 valence electrons. The van der Waals surface area contributed by atoms with Crippen molar-refractivity contribution in [3.63, 3.8) is 0 Å². The highest BCUT2D eigenvalue weighted by Crippen LogP contribution is 2.27. The third-order valence-corrected chi connectivity index (χ3v) is 6.28. The lowest BCUT2D eigenvalue weighted by molar-refractivity contribution is 0.547. The summed E-state index contributed by atoms with van der Waals surface area (Å²) in [5, 5.41) is 5.20. The van der Waals surface area contributed by atoms with E-state index >= 15 is 0 Å². The zero-order chi connectivity index (χ0) is 19.6. The maximum atomic E-state index is 13.2. The largest absolute Gasteiger partial charge is 0.268 e. The summed E-state index contributed by atoms with van der Waals surface area (Å²) < 4.78 is 41.2. The molecule has 0 fully saturated rings. The van der Waals surface area contributed by atoms with Crippen molar-refractivity contribution in [3.05, 3.63) is 63.3 Å². The Labute approximate surface area is 159 Å². The summed E-state index contributed by atoms with van der Waals surface area (Å²) in [7, 11) is -3.87. The number of halogens is 1. The first-order valence-electron chi connectivity index (χ1n) is 8.04. The van der Waals surface area contributed by atoms with Crippen molar-refractivity contribution in [3.8, 4) is 10.6 Å². The van der Waals surface area contributed by atoms with Crippen LogP contribution in [0.1, 0.15) is 10.7 Å². The Morgan fingerprint density at radius 3 is 2.67 bits per heavy atom. The van der Waals surface area contributed by atoms with E-state index in [2.05, 4.69) is 14.8 Å². The van der Waals surface area contributed by atoms with Crippen LogP contribution in [0.15, 0.2) is 46.1 Å². The molecular weight excluding hydrogens is 391 g/mol. The van der Waals surface area contributed by atoms with Crippen molar-refractivity contribution in [2.45, 2.75) is 25.3 Å². The number of rotatable bonds is 6. The van der Waals surface area contributed by atoms with Crippen LogP contribution in [0.3, 0.4) is 0 Å². The maximum absolute atomic E-state index is 13.2. The molecule has 1 aromatic carbocycles. The van der Waals surface area contributed by atoms with Gasteiger partial charge in [0.1, 0.15) is 11.5 Å². The molecule has 0 amide bonds. The Morgan fingerprint density at radius 2 is 2.00 bits per heavy atom. The van der Waals surface area contributed by atoms with E-state index in [-0.39, 0.29) is 23.5 Å². The second kappa shape index (κ2) is 7.67. The summed E-state index contributed by atoms with van der Waals surface area (Å²) in [6, 6.07) is 7.72. The second-order valence-corrected chi connectivity index (χ2v) is 8.75. The van der Waals surface area contributed by atoms with Crippen molar-refractivity contribution < 1.29 is 12.8 Å². The van der Waals surface area contributed by atoms with Crippen LogP contribution in [0.4, 0.5) is 4.39 Å². The number of hydrogen-bond acceptors (Lipinski definition) is 6. The smallest absolute Gasteiger partial charge is 0.266 e. The predicted octanol–water partition coefficient (Wildman–Crippen LogP) is 2.10. The van der Waals surface area contributed by atoms with Gasteiger partial charge >= 0.3 is 0 Å². The van der Waals surface area contributed by atoms with Gasteiger partial charge < -0.3 is 0 Å². The summed E-state index contributed by atoms with van der Waals surface area (Å²) in [6.07, 6.45) is 0. The molecule has 2 heterocycles. The first-order valence-corrected chi connectivity index (χ1v) is 10.3. The lowest BCUT2D eigenvalue weighted by Gasteiger charge is -2.09. The number of nitrogens with zero attached hydrogens (tertiary/aromatic N) is 3. The highest BCUT2D eigenvalue weighted by molar-refractivity contribution is 7.89. The Balaban J connectivity index is 1.75. The van der Waals surface area contributed by atoms with E-state index < -0.39 is 15.8 Å². The van der Waals surface area contributed by atoms with Crippen LogP contribution >= 0.6 is 11.3 Å². The normalized spacial score (nSPS) is 11.7. The average molecular weight is 408 g/mol. The monoisotopic (exact) mass is 408 g/mol. The molecule has 0 atom stereocenters. The van der Waals surface area contributed by atoms with Crippen LogP contribution in [0, 0.1) is 19.7 Å². The number of aromatic nitrogens is 3. The van der Waals surface area contributed by atoms with Crippen molar-refractivity contribution in [1.82, 2.24) is 19.5 Å². The quantitative estimate of drug-likeness (QED) is 0.674. The molecule has 7 nitrogen and oxygen atoms in total. The minimum Gasteiger partial charge on any atom is -0.268 e. The van der Waals surface area contributed by atoms with E-state index in [4.69, 9.17) is 0 Å². The van der Waals surface area contributed by atoms with Crippen LogP contribution in [0.5, 0.6) is 0 Å². The van der Waals surface area contributed by atoms with E-state index in [1.165, 1.54) is 34.2 Å². The molecule has 0 aliphatic carbocycles. The van der Waals surface area contributed by atoms with Gasteiger partial charge in [0.25, 0.3) is 5.56 Å². The molecule has 3 aromatic rings. The molecule has 0 spiro atoms. The van der Waals surface area contributed by atoms with Crippen molar-refractivity contribution in [2.24, 2.45) is 0 Å². The van der Waals surface area contributed by atoms with Gasteiger partial charge in [0.15, 0.2) is 0 Å². The summed E-state index contributed by atoms with van der Waals surface area (Å²) in [5.74, 6) is -0.640. The van der Waals surface area contributed by atoms with E-state index in [1.54, 1.807) is 6.07 Å². The third kappa shape index (κ3) is 4.46. The highest BCUT2D eigenvalue weighted by atomic mass is 32.2. The van der Waals surface area contributed by atoms with Crippen LogP contribution < -0.4 is 10.3 Å². The van der Waals surface area contributed by atoms with Gasteiger partial charge in [-0.3, -0.25) is 4.79 Å². The SMILES string of the molecule is Cc1nc(C)c(-c2ccc(=O)n(CCNS(=O)(=O)c3cccc(F)c3)n2)s1. The van der Waals surface area contributed by atoms with Gasteiger partial charge in [0, 0.05) is 12.6 Å². The number of hydrogen-bond donors (Lipinski definition) is 1. The standard InChI is InChI=1S/C17H17FN4O3S2/c1-11-17(26-12(2)20-11)15-6-7-16(23)22(21-15)9-8-19-27(24,25)14-5-3-4-13(18)10-14/h3-7,10,19H,8-9H2,1-2H3. The first-order chi connectivity index (χ1) is 12.8. The molecule has 2 aromatic heterocycles. The van der Waals surface area contributed by atoms with E-state index in [9.17, 15) is 17.6 Å². The third-order valence-electron chi connectivity index (χ3n) is 3.72. The molecule has 0 saturated carbocycles. The number of thiazole rings is 1. The van der Waals surface area contributed by atoms with Gasteiger partial charge in [-0.25, -0.2) is 27.2 Å². The number of benzene rings is 1. The van der Waals surface area contributed by atoms with E-state index in [1.807, 2.05) is 13.8 Å².